The summed E-state index contributed by atoms with van der Waals surface area (Å²) < 4.78 is 5.08. The predicted octanol–water partition coefficient (Wildman–Crippen LogP) is 2.50. The van der Waals surface area contributed by atoms with E-state index in [4.69, 9.17) is 4.74 Å². The monoisotopic (exact) mass is 269 g/mol. The van der Waals surface area contributed by atoms with Crippen LogP contribution in [-0.2, 0) is 4.74 Å². The number of piperidine rings is 1. The van der Waals surface area contributed by atoms with Crippen LogP contribution in [0.15, 0.2) is 4.99 Å². The summed E-state index contributed by atoms with van der Waals surface area (Å²) in [6.07, 6.45) is 5.18. The third kappa shape index (κ3) is 5.39. The second kappa shape index (κ2) is 8.41. The molecule has 0 aromatic heterocycles. The summed E-state index contributed by atoms with van der Waals surface area (Å²) in [5.74, 6) is 1.06. The first-order valence-electron chi connectivity index (χ1n) is 7.67. The molecule has 0 aromatic carbocycles. The summed E-state index contributed by atoms with van der Waals surface area (Å²) in [7, 11) is 1.72. The number of nitrogens with zero attached hydrogens (tertiary/aromatic N) is 2. The van der Waals surface area contributed by atoms with E-state index in [2.05, 4.69) is 36.0 Å². The molecule has 1 aliphatic rings. The van der Waals surface area contributed by atoms with Crippen molar-refractivity contribution in [1.82, 2.24) is 10.2 Å². The molecule has 4 heteroatoms. The van der Waals surface area contributed by atoms with Crippen molar-refractivity contribution in [2.75, 3.05) is 39.9 Å². The van der Waals surface area contributed by atoms with E-state index in [0.717, 1.165) is 32.1 Å². The van der Waals surface area contributed by atoms with E-state index in [1.807, 2.05) is 0 Å². The average molecular weight is 269 g/mol. The van der Waals surface area contributed by atoms with Gasteiger partial charge in [-0.1, -0.05) is 20.3 Å². The van der Waals surface area contributed by atoms with Crippen molar-refractivity contribution in [3.8, 4) is 0 Å². The normalized spacial score (nSPS) is 24.6. The maximum Gasteiger partial charge on any atom is 0.194 e. The summed E-state index contributed by atoms with van der Waals surface area (Å²) in [5.41, 5.74) is 0.449. The quantitative estimate of drug-likeness (QED) is 0.457. The van der Waals surface area contributed by atoms with E-state index in [0.29, 0.717) is 12.0 Å². The standard InChI is InChI=1S/C15H31N3O/c1-5-8-15(3)9-7-11-18(13-15)14(16-6-2)17-10-12-19-4/h5-13H2,1-4H3,(H,16,17). The Balaban J connectivity index is 2.64. The lowest BCUT2D eigenvalue weighted by molar-refractivity contribution is 0.142. The lowest BCUT2D eigenvalue weighted by atomic mass is 9.78. The van der Waals surface area contributed by atoms with E-state index in [1.165, 1.54) is 25.7 Å². The number of ether oxygens (including phenoxy) is 1. The molecule has 0 aliphatic carbocycles. The van der Waals surface area contributed by atoms with Crippen molar-refractivity contribution in [2.45, 2.75) is 46.5 Å². The van der Waals surface area contributed by atoms with E-state index in [1.54, 1.807) is 7.11 Å². The molecule has 1 atom stereocenters. The van der Waals surface area contributed by atoms with Gasteiger partial charge in [0.25, 0.3) is 0 Å². The van der Waals surface area contributed by atoms with Crippen molar-refractivity contribution in [3.63, 3.8) is 0 Å². The zero-order chi connectivity index (χ0) is 14.1. The third-order valence-corrected chi connectivity index (χ3v) is 3.83. The molecule has 0 aromatic rings. The van der Waals surface area contributed by atoms with Crippen molar-refractivity contribution >= 4 is 5.96 Å². The molecule has 0 spiro atoms. The predicted molar refractivity (Wildman–Crippen MR) is 81.7 cm³/mol. The number of hydrogen-bond donors (Lipinski definition) is 1. The van der Waals surface area contributed by atoms with Gasteiger partial charge in [0.2, 0.25) is 0 Å². The molecule has 0 bridgehead atoms. The molecule has 4 nitrogen and oxygen atoms in total. The second-order valence-corrected chi connectivity index (χ2v) is 5.81. The summed E-state index contributed by atoms with van der Waals surface area (Å²) in [6, 6.07) is 0. The number of rotatable bonds is 6. The fourth-order valence-corrected chi connectivity index (χ4v) is 2.97. The Morgan fingerprint density at radius 3 is 2.84 bits per heavy atom. The Bertz CT molecular complexity index is 277. The first kappa shape index (κ1) is 16.3. The molecule has 1 fully saturated rings. The molecule has 0 amide bonds. The van der Waals surface area contributed by atoms with Crippen LogP contribution in [0.2, 0.25) is 0 Å². The molecular formula is C15H31N3O. The van der Waals surface area contributed by atoms with E-state index in [9.17, 15) is 0 Å². The average Bonchev–Trinajstić information content (AvgIpc) is 2.38. The number of methoxy groups -OCH3 is 1. The molecule has 112 valence electrons. The Kier molecular flexibility index (Phi) is 7.21. The van der Waals surface area contributed by atoms with Gasteiger partial charge in [-0.3, -0.25) is 4.99 Å². The maximum atomic E-state index is 5.08. The Hall–Kier alpha value is -0.770. The minimum Gasteiger partial charge on any atom is -0.383 e. The minimum absolute atomic E-state index is 0.449. The van der Waals surface area contributed by atoms with Crippen molar-refractivity contribution in [3.05, 3.63) is 0 Å². The largest absolute Gasteiger partial charge is 0.383 e. The van der Waals surface area contributed by atoms with Crippen LogP contribution in [0, 0.1) is 5.41 Å². The third-order valence-electron chi connectivity index (χ3n) is 3.83. The van der Waals surface area contributed by atoms with Crippen molar-refractivity contribution < 1.29 is 4.74 Å². The van der Waals surface area contributed by atoms with Gasteiger partial charge in [0.05, 0.1) is 13.2 Å². The molecule has 1 unspecified atom stereocenters. The van der Waals surface area contributed by atoms with E-state index >= 15 is 0 Å². The Morgan fingerprint density at radius 2 is 2.21 bits per heavy atom. The lowest BCUT2D eigenvalue weighted by Gasteiger charge is -2.42. The Morgan fingerprint density at radius 1 is 1.42 bits per heavy atom. The SMILES string of the molecule is CCCC1(C)CCCN(C(=NCCOC)NCC)C1. The van der Waals surface area contributed by atoms with Gasteiger partial charge in [-0.15, -0.1) is 0 Å². The summed E-state index contributed by atoms with van der Waals surface area (Å²) in [6.45, 7) is 11.4. The number of guanidine groups is 1. The first-order valence-corrected chi connectivity index (χ1v) is 7.67. The molecule has 1 N–H and O–H groups in total. The second-order valence-electron chi connectivity index (χ2n) is 5.81. The van der Waals surface area contributed by atoms with Gasteiger partial charge in [-0.25, -0.2) is 0 Å². The number of aliphatic imine (C=N–C) groups is 1. The molecule has 19 heavy (non-hydrogen) atoms. The molecule has 1 saturated heterocycles. The Labute approximate surface area is 118 Å². The van der Waals surface area contributed by atoms with Crippen LogP contribution in [0.4, 0.5) is 0 Å². The lowest BCUT2D eigenvalue weighted by Crippen LogP contribution is -2.50. The molecule has 1 rings (SSSR count). The van der Waals surface area contributed by atoms with Gasteiger partial charge in [0.15, 0.2) is 5.96 Å². The van der Waals surface area contributed by atoms with Crippen molar-refractivity contribution in [2.24, 2.45) is 10.4 Å². The molecule has 1 heterocycles. The van der Waals surface area contributed by atoms with Gasteiger partial charge in [0.1, 0.15) is 0 Å². The zero-order valence-corrected chi connectivity index (χ0v) is 13.2. The van der Waals surface area contributed by atoms with E-state index < -0.39 is 0 Å². The fraction of sp³-hybridized carbons (Fsp3) is 0.933. The molecule has 1 aliphatic heterocycles. The van der Waals surface area contributed by atoms with Gasteiger partial charge < -0.3 is 15.0 Å². The van der Waals surface area contributed by atoms with Crippen LogP contribution < -0.4 is 5.32 Å². The van der Waals surface area contributed by atoms with Gasteiger partial charge in [-0.05, 0) is 31.6 Å². The summed E-state index contributed by atoms with van der Waals surface area (Å²) in [4.78, 5) is 7.09. The molecule has 0 radical (unpaired) electrons. The van der Waals surface area contributed by atoms with Gasteiger partial charge in [0, 0.05) is 26.7 Å². The molecular weight excluding hydrogens is 238 g/mol. The molecule has 0 saturated carbocycles. The van der Waals surface area contributed by atoms with Crippen molar-refractivity contribution in [1.29, 1.82) is 0 Å². The minimum atomic E-state index is 0.449. The highest BCUT2D eigenvalue weighted by atomic mass is 16.5. The van der Waals surface area contributed by atoms with Crippen LogP contribution in [0.5, 0.6) is 0 Å². The number of hydrogen-bond acceptors (Lipinski definition) is 2. The van der Waals surface area contributed by atoms with Crippen LogP contribution in [0.1, 0.15) is 46.5 Å². The number of likely N-dealkylation sites (tertiary alicyclic amines) is 1. The number of nitrogens with one attached hydrogen (secondary N) is 1. The first-order chi connectivity index (χ1) is 9.15. The van der Waals surface area contributed by atoms with Crippen LogP contribution in [-0.4, -0.2) is 50.8 Å². The smallest absolute Gasteiger partial charge is 0.194 e. The van der Waals surface area contributed by atoms with E-state index in [-0.39, 0.29) is 0 Å². The van der Waals surface area contributed by atoms with Gasteiger partial charge in [-0.2, -0.15) is 0 Å². The fourth-order valence-electron chi connectivity index (χ4n) is 2.97. The highest BCUT2D eigenvalue weighted by Gasteiger charge is 2.31. The highest BCUT2D eigenvalue weighted by molar-refractivity contribution is 5.80. The van der Waals surface area contributed by atoms with Crippen LogP contribution in [0.25, 0.3) is 0 Å². The topological polar surface area (TPSA) is 36.9 Å². The summed E-state index contributed by atoms with van der Waals surface area (Å²) in [5, 5.41) is 3.41. The summed E-state index contributed by atoms with van der Waals surface area (Å²) >= 11 is 0. The van der Waals surface area contributed by atoms with Crippen LogP contribution in [0.3, 0.4) is 0 Å². The van der Waals surface area contributed by atoms with Gasteiger partial charge >= 0.3 is 0 Å². The van der Waals surface area contributed by atoms with Crippen LogP contribution >= 0.6 is 0 Å². The zero-order valence-electron chi connectivity index (χ0n) is 13.2. The maximum absolute atomic E-state index is 5.08. The highest BCUT2D eigenvalue weighted by Crippen LogP contribution is 2.33.